The number of pyridine rings is 1. The van der Waals surface area contributed by atoms with E-state index < -0.39 is 0 Å². The summed E-state index contributed by atoms with van der Waals surface area (Å²) in [5.74, 6) is 2.48. The number of amides is 1. The summed E-state index contributed by atoms with van der Waals surface area (Å²) >= 11 is 0. The maximum atomic E-state index is 12.2. The number of carbonyl (C=O) groups is 1. The number of hydrogen-bond donors (Lipinski definition) is 0. The van der Waals surface area contributed by atoms with Crippen molar-refractivity contribution in [2.24, 2.45) is 0 Å². The van der Waals surface area contributed by atoms with Crippen molar-refractivity contribution in [3.8, 4) is 5.82 Å². The Morgan fingerprint density at radius 1 is 1.29 bits per heavy atom. The van der Waals surface area contributed by atoms with E-state index in [2.05, 4.69) is 17.1 Å². The van der Waals surface area contributed by atoms with E-state index in [9.17, 15) is 4.79 Å². The second kappa shape index (κ2) is 7.13. The van der Waals surface area contributed by atoms with Crippen molar-refractivity contribution >= 4 is 5.91 Å². The Balaban J connectivity index is 1.67. The number of likely N-dealkylation sites (tertiary alicyclic amines) is 1. The quantitative estimate of drug-likeness (QED) is 0.860. The van der Waals surface area contributed by atoms with E-state index in [1.54, 1.807) is 6.20 Å². The zero-order valence-electron chi connectivity index (χ0n) is 14.6. The van der Waals surface area contributed by atoms with Crippen molar-refractivity contribution in [3.63, 3.8) is 0 Å². The zero-order chi connectivity index (χ0) is 17.1. The van der Waals surface area contributed by atoms with E-state index in [1.165, 1.54) is 0 Å². The van der Waals surface area contributed by atoms with Gasteiger partial charge in [-0.1, -0.05) is 6.07 Å². The van der Waals surface area contributed by atoms with E-state index in [4.69, 9.17) is 4.98 Å². The Bertz CT molecular complexity index is 701. The van der Waals surface area contributed by atoms with Crippen LogP contribution in [-0.4, -0.2) is 64.0 Å². The third kappa shape index (κ3) is 3.64. The third-order valence-corrected chi connectivity index (χ3v) is 4.55. The summed E-state index contributed by atoms with van der Waals surface area (Å²) in [5, 5.41) is 0. The number of hydrogen-bond acceptors (Lipinski definition) is 4. The first-order chi connectivity index (χ1) is 11.5. The molecule has 0 atom stereocenters. The predicted octanol–water partition coefficient (Wildman–Crippen LogP) is 1.84. The average Bonchev–Trinajstić information content (AvgIpc) is 3.00. The Hall–Kier alpha value is -2.21. The predicted molar refractivity (Wildman–Crippen MR) is 93.2 cm³/mol. The van der Waals surface area contributed by atoms with Gasteiger partial charge in [0.2, 0.25) is 5.91 Å². The third-order valence-electron chi connectivity index (χ3n) is 4.55. The summed E-state index contributed by atoms with van der Waals surface area (Å²) in [6.07, 6.45) is 5.67. The van der Waals surface area contributed by atoms with Crippen molar-refractivity contribution in [1.82, 2.24) is 24.3 Å². The number of imidazole rings is 1. The van der Waals surface area contributed by atoms with Crippen LogP contribution in [0.3, 0.4) is 0 Å². The summed E-state index contributed by atoms with van der Waals surface area (Å²) in [6, 6.07) is 6.16. The van der Waals surface area contributed by atoms with Gasteiger partial charge in [0, 0.05) is 37.1 Å². The van der Waals surface area contributed by atoms with Crippen molar-refractivity contribution in [1.29, 1.82) is 0 Å². The number of aromatic nitrogens is 3. The minimum atomic E-state index is 0.217. The van der Waals surface area contributed by atoms with Crippen LogP contribution in [0.5, 0.6) is 0 Å². The molecule has 128 valence electrons. The first-order valence-corrected chi connectivity index (χ1v) is 8.44. The van der Waals surface area contributed by atoms with Crippen LogP contribution in [0.1, 0.15) is 30.3 Å². The number of nitrogens with zero attached hydrogens (tertiary/aromatic N) is 5. The lowest BCUT2D eigenvalue weighted by molar-refractivity contribution is -0.132. The van der Waals surface area contributed by atoms with Crippen molar-refractivity contribution in [3.05, 3.63) is 42.1 Å². The summed E-state index contributed by atoms with van der Waals surface area (Å²) in [7, 11) is 3.86. The molecule has 1 saturated heterocycles. The number of rotatable bonds is 4. The maximum absolute atomic E-state index is 12.2. The molecule has 6 nitrogen and oxygen atoms in total. The van der Waals surface area contributed by atoms with Gasteiger partial charge in [0.05, 0.1) is 6.54 Å². The molecule has 0 bridgehead atoms. The van der Waals surface area contributed by atoms with Crippen LogP contribution in [0.4, 0.5) is 0 Å². The Kier molecular flexibility index (Phi) is 4.94. The average molecular weight is 327 g/mol. The number of piperidine rings is 1. The van der Waals surface area contributed by atoms with Crippen LogP contribution in [0.25, 0.3) is 5.82 Å². The van der Waals surface area contributed by atoms with E-state index in [0.717, 1.165) is 43.3 Å². The van der Waals surface area contributed by atoms with Crippen LogP contribution in [0.2, 0.25) is 0 Å². The van der Waals surface area contributed by atoms with Gasteiger partial charge in [-0.25, -0.2) is 9.97 Å². The highest BCUT2D eigenvalue weighted by Gasteiger charge is 2.24. The zero-order valence-corrected chi connectivity index (χ0v) is 14.6. The molecule has 0 saturated carbocycles. The fourth-order valence-electron chi connectivity index (χ4n) is 3.22. The summed E-state index contributed by atoms with van der Waals surface area (Å²) in [6.45, 7) is 4.09. The van der Waals surface area contributed by atoms with Gasteiger partial charge in [0.25, 0.3) is 0 Å². The van der Waals surface area contributed by atoms with E-state index in [0.29, 0.717) is 12.5 Å². The molecule has 0 spiro atoms. The van der Waals surface area contributed by atoms with E-state index >= 15 is 0 Å². The van der Waals surface area contributed by atoms with Gasteiger partial charge in [-0.15, -0.1) is 0 Å². The van der Waals surface area contributed by atoms with Gasteiger partial charge in [0.1, 0.15) is 11.6 Å². The molecule has 1 aliphatic heterocycles. The van der Waals surface area contributed by atoms with Gasteiger partial charge >= 0.3 is 0 Å². The lowest BCUT2D eigenvalue weighted by Gasteiger charge is -2.32. The molecule has 1 amide bonds. The summed E-state index contributed by atoms with van der Waals surface area (Å²) in [4.78, 5) is 25.1. The Labute approximate surface area is 143 Å². The van der Waals surface area contributed by atoms with Gasteiger partial charge in [-0.05, 0) is 46.0 Å². The lowest BCUT2D eigenvalue weighted by Crippen LogP contribution is -2.42. The molecular weight excluding hydrogens is 302 g/mol. The molecule has 0 aromatic carbocycles. The lowest BCUT2D eigenvalue weighted by atomic mass is 9.93. The highest BCUT2D eigenvalue weighted by molar-refractivity contribution is 5.78. The molecule has 0 N–H and O–H groups in total. The molecule has 1 aliphatic rings. The van der Waals surface area contributed by atoms with Crippen LogP contribution in [0.15, 0.2) is 30.6 Å². The fraction of sp³-hybridized carbons (Fsp3) is 0.500. The van der Waals surface area contributed by atoms with Crippen molar-refractivity contribution < 1.29 is 4.79 Å². The number of aryl methyl sites for hydroxylation is 1. The Morgan fingerprint density at radius 3 is 2.67 bits per heavy atom. The number of carbonyl (C=O) groups excluding carboxylic acids is 1. The molecule has 0 radical (unpaired) electrons. The van der Waals surface area contributed by atoms with Crippen molar-refractivity contribution in [2.75, 3.05) is 33.7 Å². The standard InChI is InChI=1S/C18H25N5O/c1-14-19-9-12-23(14)17-6-4-5-16(20-17)15-7-10-22(11-8-15)18(24)13-21(2)3/h4-6,9,12,15H,7-8,10-11,13H2,1-3H3. The SMILES string of the molecule is Cc1nccn1-c1cccc(C2CCN(C(=O)CN(C)C)CC2)n1. The van der Waals surface area contributed by atoms with Gasteiger partial charge < -0.3 is 9.80 Å². The van der Waals surface area contributed by atoms with Crippen LogP contribution >= 0.6 is 0 Å². The molecule has 0 unspecified atom stereocenters. The first-order valence-electron chi connectivity index (χ1n) is 8.44. The van der Waals surface area contributed by atoms with Gasteiger partial charge in [0.15, 0.2) is 0 Å². The molecule has 2 aromatic rings. The molecule has 3 rings (SSSR count). The van der Waals surface area contributed by atoms with Crippen LogP contribution in [0, 0.1) is 6.92 Å². The van der Waals surface area contributed by atoms with Gasteiger partial charge in [-0.3, -0.25) is 9.36 Å². The molecule has 24 heavy (non-hydrogen) atoms. The minimum Gasteiger partial charge on any atom is -0.342 e. The molecule has 2 aromatic heterocycles. The van der Waals surface area contributed by atoms with E-state index in [1.807, 2.05) is 47.6 Å². The molecule has 0 aliphatic carbocycles. The topological polar surface area (TPSA) is 54.3 Å². The van der Waals surface area contributed by atoms with E-state index in [-0.39, 0.29) is 5.91 Å². The molecule has 1 fully saturated rings. The highest BCUT2D eigenvalue weighted by Crippen LogP contribution is 2.27. The normalized spacial score (nSPS) is 15.9. The summed E-state index contributed by atoms with van der Waals surface area (Å²) in [5.41, 5.74) is 1.11. The summed E-state index contributed by atoms with van der Waals surface area (Å²) < 4.78 is 2.00. The van der Waals surface area contributed by atoms with Crippen LogP contribution < -0.4 is 0 Å². The molecular formula is C18H25N5O. The largest absolute Gasteiger partial charge is 0.342 e. The Morgan fingerprint density at radius 2 is 2.04 bits per heavy atom. The minimum absolute atomic E-state index is 0.217. The molecule has 3 heterocycles. The van der Waals surface area contributed by atoms with Gasteiger partial charge in [-0.2, -0.15) is 0 Å². The van der Waals surface area contributed by atoms with Crippen LogP contribution in [-0.2, 0) is 4.79 Å². The number of likely N-dealkylation sites (N-methyl/N-ethyl adjacent to an activating group) is 1. The maximum Gasteiger partial charge on any atom is 0.236 e. The molecule has 6 heteroatoms. The van der Waals surface area contributed by atoms with Crippen molar-refractivity contribution in [2.45, 2.75) is 25.7 Å². The fourth-order valence-corrected chi connectivity index (χ4v) is 3.22. The first kappa shape index (κ1) is 16.6. The smallest absolute Gasteiger partial charge is 0.236 e. The second-order valence-corrected chi connectivity index (χ2v) is 6.66. The highest BCUT2D eigenvalue weighted by atomic mass is 16.2. The monoisotopic (exact) mass is 327 g/mol. The second-order valence-electron chi connectivity index (χ2n) is 6.66.